The van der Waals surface area contributed by atoms with E-state index in [0.29, 0.717) is 0 Å². The van der Waals surface area contributed by atoms with E-state index in [4.69, 9.17) is 14.9 Å². The lowest BCUT2D eigenvalue weighted by atomic mass is 10.2. The van der Waals surface area contributed by atoms with Crippen molar-refractivity contribution in [1.29, 1.82) is 0 Å². The summed E-state index contributed by atoms with van der Waals surface area (Å²) in [5.41, 5.74) is -1.31. The molecule has 0 aliphatic rings. The smallest absolute Gasteiger partial charge is 0.346 e. The fourth-order valence-electron chi connectivity index (χ4n) is 0.980. The quantitative estimate of drug-likeness (QED) is 0.522. The molecule has 0 amide bonds. The highest BCUT2D eigenvalue weighted by atomic mass is 16.5. The van der Waals surface area contributed by atoms with Crippen LogP contribution >= 0.6 is 0 Å². The second kappa shape index (κ2) is 5.54. The average molecular weight is 231 g/mol. The zero-order valence-electron chi connectivity index (χ0n) is 8.66. The molecule has 3 N–H and O–H groups in total. The Morgan fingerprint density at radius 2 is 2.31 bits per heavy atom. The molecule has 8 nitrogen and oxygen atoms in total. The maximum Gasteiger partial charge on any atom is 0.346 e. The SMILES string of the molecule is CC(O)C(CO)OCn1ncc(=O)[nH]c1=O. The molecule has 0 radical (unpaired) electrons. The second-order valence-electron chi connectivity index (χ2n) is 3.20. The Morgan fingerprint density at radius 1 is 1.62 bits per heavy atom. The fourth-order valence-corrected chi connectivity index (χ4v) is 0.980. The highest BCUT2D eigenvalue weighted by molar-refractivity contribution is 4.68. The van der Waals surface area contributed by atoms with Gasteiger partial charge in [0.15, 0.2) is 0 Å². The molecule has 1 rings (SSSR count). The van der Waals surface area contributed by atoms with E-state index in [2.05, 4.69) is 5.10 Å². The first kappa shape index (κ1) is 12.6. The molecular weight excluding hydrogens is 218 g/mol. The summed E-state index contributed by atoms with van der Waals surface area (Å²) in [4.78, 5) is 23.8. The van der Waals surface area contributed by atoms with Gasteiger partial charge in [0.25, 0.3) is 5.56 Å². The van der Waals surface area contributed by atoms with Crippen LogP contribution in [0.2, 0.25) is 0 Å². The van der Waals surface area contributed by atoms with E-state index in [-0.39, 0.29) is 13.3 Å². The van der Waals surface area contributed by atoms with Gasteiger partial charge >= 0.3 is 5.69 Å². The van der Waals surface area contributed by atoms with Gasteiger partial charge in [-0.15, -0.1) is 0 Å². The summed E-state index contributed by atoms with van der Waals surface area (Å²) in [6, 6.07) is 0. The third kappa shape index (κ3) is 3.26. The largest absolute Gasteiger partial charge is 0.394 e. The van der Waals surface area contributed by atoms with Crippen LogP contribution in [0.5, 0.6) is 0 Å². The van der Waals surface area contributed by atoms with Crippen LogP contribution in [0.3, 0.4) is 0 Å². The summed E-state index contributed by atoms with van der Waals surface area (Å²) < 4.78 is 5.91. The maximum atomic E-state index is 11.2. The van der Waals surface area contributed by atoms with Gasteiger partial charge in [-0.05, 0) is 6.92 Å². The zero-order valence-corrected chi connectivity index (χ0v) is 8.66. The van der Waals surface area contributed by atoms with Gasteiger partial charge in [-0.2, -0.15) is 9.78 Å². The van der Waals surface area contributed by atoms with E-state index >= 15 is 0 Å². The molecule has 8 heteroatoms. The van der Waals surface area contributed by atoms with E-state index in [9.17, 15) is 9.59 Å². The van der Waals surface area contributed by atoms with Crippen LogP contribution in [-0.2, 0) is 11.5 Å². The van der Waals surface area contributed by atoms with E-state index in [1.807, 2.05) is 4.98 Å². The summed E-state index contributed by atoms with van der Waals surface area (Å²) in [6.07, 6.45) is -0.745. The lowest BCUT2D eigenvalue weighted by molar-refractivity contribution is -0.0857. The lowest BCUT2D eigenvalue weighted by Crippen LogP contribution is -2.36. The molecule has 1 heterocycles. The molecule has 0 aliphatic heterocycles. The minimum atomic E-state index is -0.872. The van der Waals surface area contributed by atoms with Crippen molar-refractivity contribution in [1.82, 2.24) is 14.8 Å². The Bertz CT molecular complexity index is 438. The van der Waals surface area contributed by atoms with Crippen molar-refractivity contribution in [3.8, 4) is 0 Å². The number of hydrogen-bond acceptors (Lipinski definition) is 6. The van der Waals surface area contributed by atoms with Crippen LogP contribution in [0.4, 0.5) is 0 Å². The molecule has 2 unspecified atom stereocenters. The number of H-pyrrole nitrogens is 1. The molecule has 0 fully saturated rings. The molecule has 0 spiro atoms. The Labute approximate surface area is 90.1 Å². The highest BCUT2D eigenvalue weighted by Crippen LogP contribution is 1.98. The summed E-state index contributed by atoms with van der Waals surface area (Å²) in [5.74, 6) is 0. The number of nitrogens with zero attached hydrogens (tertiary/aromatic N) is 2. The van der Waals surface area contributed by atoms with Crippen LogP contribution in [0.15, 0.2) is 15.8 Å². The standard InChI is InChI=1S/C8H13N3O5/c1-5(13)6(3-12)16-4-11-8(15)10-7(14)2-9-11/h2,5-6,12-13H,3-4H2,1H3,(H,10,14,15). The van der Waals surface area contributed by atoms with Crippen molar-refractivity contribution >= 4 is 0 Å². The van der Waals surface area contributed by atoms with E-state index in [1.54, 1.807) is 0 Å². The number of aliphatic hydroxyl groups is 2. The summed E-state index contributed by atoms with van der Waals surface area (Å²) in [7, 11) is 0. The predicted octanol–water partition coefficient (Wildman–Crippen LogP) is -2.35. The van der Waals surface area contributed by atoms with Crippen LogP contribution in [0, 0.1) is 0 Å². The predicted molar refractivity (Wildman–Crippen MR) is 52.8 cm³/mol. The van der Waals surface area contributed by atoms with Gasteiger partial charge in [0.2, 0.25) is 0 Å². The Kier molecular flexibility index (Phi) is 4.35. The molecule has 1 aromatic rings. The minimum Gasteiger partial charge on any atom is -0.394 e. The molecule has 0 saturated carbocycles. The number of hydrogen-bond donors (Lipinski definition) is 3. The van der Waals surface area contributed by atoms with Crippen molar-refractivity contribution in [3.63, 3.8) is 0 Å². The first-order valence-corrected chi connectivity index (χ1v) is 4.61. The van der Waals surface area contributed by atoms with E-state index in [1.165, 1.54) is 6.92 Å². The van der Waals surface area contributed by atoms with Gasteiger partial charge in [0, 0.05) is 0 Å². The highest BCUT2D eigenvalue weighted by Gasteiger charge is 2.14. The third-order valence-electron chi connectivity index (χ3n) is 1.91. The molecule has 0 aromatic carbocycles. The summed E-state index contributed by atoms with van der Waals surface area (Å²) >= 11 is 0. The number of aromatic nitrogens is 3. The Hall–Kier alpha value is -1.51. The molecule has 0 bridgehead atoms. The Balaban J connectivity index is 2.67. The maximum absolute atomic E-state index is 11.2. The van der Waals surface area contributed by atoms with Crippen molar-refractivity contribution in [2.75, 3.05) is 6.61 Å². The normalized spacial score (nSPS) is 14.7. The van der Waals surface area contributed by atoms with Gasteiger partial charge in [-0.3, -0.25) is 9.78 Å². The lowest BCUT2D eigenvalue weighted by Gasteiger charge is -2.17. The van der Waals surface area contributed by atoms with Crippen molar-refractivity contribution in [2.45, 2.75) is 25.9 Å². The second-order valence-corrected chi connectivity index (χ2v) is 3.20. The molecule has 16 heavy (non-hydrogen) atoms. The van der Waals surface area contributed by atoms with Crippen molar-refractivity contribution in [3.05, 3.63) is 27.0 Å². The van der Waals surface area contributed by atoms with Gasteiger partial charge in [0.05, 0.1) is 12.7 Å². The van der Waals surface area contributed by atoms with E-state index < -0.39 is 23.5 Å². The third-order valence-corrected chi connectivity index (χ3v) is 1.91. The molecule has 90 valence electrons. The van der Waals surface area contributed by atoms with Gasteiger partial charge in [0.1, 0.15) is 19.0 Å². The van der Waals surface area contributed by atoms with Gasteiger partial charge in [-0.25, -0.2) is 4.79 Å². The number of aromatic amines is 1. The van der Waals surface area contributed by atoms with Crippen LogP contribution in [-0.4, -0.2) is 43.8 Å². The zero-order chi connectivity index (χ0) is 12.1. The first-order chi connectivity index (χ1) is 7.54. The average Bonchev–Trinajstić information content (AvgIpc) is 2.21. The monoisotopic (exact) mass is 231 g/mol. The Morgan fingerprint density at radius 3 is 2.81 bits per heavy atom. The van der Waals surface area contributed by atoms with Crippen LogP contribution in [0.1, 0.15) is 6.92 Å². The van der Waals surface area contributed by atoms with E-state index in [0.717, 1.165) is 10.9 Å². The number of aliphatic hydroxyl groups excluding tert-OH is 2. The van der Waals surface area contributed by atoms with Crippen LogP contribution < -0.4 is 11.2 Å². The molecule has 0 saturated heterocycles. The molecule has 1 aromatic heterocycles. The number of nitrogens with one attached hydrogen (secondary N) is 1. The first-order valence-electron chi connectivity index (χ1n) is 4.61. The topological polar surface area (TPSA) is 117 Å². The number of rotatable bonds is 5. The number of ether oxygens (including phenoxy) is 1. The molecule has 2 atom stereocenters. The minimum absolute atomic E-state index is 0.258. The molecule has 0 aliphatic carbocycles. The fraction of sp³-hybridized carbons (Fsp3) is 0.625. The van der Waals surface area contributed by atoms with Gasteiger partial charge < -0.3 is 14.9 Å². The van der Waals surface area contributed by atoms with Gasteiger partial charge in [-0.1, -0.05) is 0 Å². The van der Waals surface area contributed by atoms with Crippen LogP contribution in [0.25, 0.3) is 0 Å². The molecular formula is C8H13N3O5. The summed E-state index contributed by atoms with van der Waals surface area (Å²) in [5, 5.41) is 21.5. The van der Waals surface area contributed by atoms with Crippen molar-refractivity contribution in [2.24, 2.45) is 0 Å². The summed E-state index contributed by atoms with van der Waals surface area (Å²) in [6.45, 7) is 0.811. The van der Waals surface area contributed by atoms with Crippen molar-refractivity contribution < 1.29 is 14.9 Å².